The summed E-state index contributed by atoms with van der Waals surface area (Å²) >= 11 is 6.29. The van der Waals surface area contributed by atoms with Crippen LogP contribution in [0.4, 0.5) is 11.4 Å². The van der Waals surface area contributed by atoms with Crippen molar-refractivity contribution in [1.29, 1.82) is 0 Å². The molecule has 2 aliphatic heterocycles. The molecule has 5 aromatic rings. The zero-order chi connectivity index (χ0) is 32.7. The van der Waals surface area contributed by atoms with Crippen molar-refractivity contribution in [3.63, 3.8) is 0 Å². The topological polar surface area (TPSA) is 109 Å². The van der Waals surface area contributed by atoms with Crippen LogP contribution in [0.15, 0.2) is 105 Å². The van der Waals surface area contributed by atoms with Gasteiger partial charge in [-0.25, -0.2) is 0 Å². The van der Waals surface area contributed by atoms with Crippen LogP contribution in [0.2, 0.25) is 0 Å². The molecule has 0 radical (unpaired) electrons. The molecule has 3 heterocycles. The fourth-order valence-electron chi connectivity index (χ4n) is 8.69. The zero-order valence-electron chi connectivity index (χ0n) is 25.3. The number of hydrogen-bond acceptors (Lipinski definition) is 7. The van der Waals surface area contributed by atoms with Crippen LogP contribution in [0.1, 0.15) is 22.8 Å². The molecular formula is C37H28BrN3O5S2. The smallest absolute Gasteiger partial charge is 0.305 e. The number of carbonyl (C=O) groups excluding carboxylic acids is 3. The molecule has 1 saturated heterocycles. The lowest BCUT2D eigenvalue weighted by Gasteiger charge is -2.43. The second kappa shape index (κ2) is 11.5. The standard InChI is InChI=1S/C37H28BrN3O5S2/c38-20-10-13-22(14-11-20)41-35(43)30-24-16-25(31(30)36(41)44)32-29(24)28(33-34(47-32)40-37(45)48-33)23-7-3-4-8-26(23)46-17-27(42)39-21-12-9-18-5-1-2-6-19(18)15-21/h1-15,24-25,28-32H,16-17H2,(H,39,42)(H,40,45)/t24-,25-,28-,29?,30?,31?,32?/m1/s1. The molecule has 3 amide bonds. The van der Waals surface area contributed by atoms with Crippen molar-refractivity contribution in [3.05, 3.63) is 116 Å². The minimum Gasteiger partial charge on any atom is -0.483 e. The quantitative estimate of drug-likeness (QED) is 0.181. The van der Waals surface area contributed by atoms with Gasteiger partial charge in [-0.2, -0.15) is 0 Å². The number of imide groups is 1. The summed E-state index contributed by atoms with van der Waals surface area (Å²) in [7, 11) is 0. The lowest BCUT2D eigenvalue weighted by Crippen LogP contribution is -2.42. The van der Waals surface area contributed by atoms with Crippen molar-refractivity contribution >= 4 is 78.9 Å². The van der Waals surface area contributed by atoms with E-state index in [9.17, 15) is 19.2 Å². The largest absolute Gasteiger partial charge is 0.483 e. The Morgan fingerprint density at radius 1 is 0.896 bits per heavy atom. The van der Waals surface area contributed by atoms with Gasteiger partial charge in [0.25, 0.3) is 5.91 Å². The number of halogens is 1. The first-order chi connectivity index (χ1) is 23.4. The maximum Gasteiger partial charge on any atom is 0.305 e. The highest BCUT2D eigenvalue weighted by Gasteiger charge is 2.69. The van der Waals surface area contributed by atoms with Gasteiger partial charge in [0.05, 0.1) is 22.5 Å². The fourth-order valence-corrected chi connectivity index (χ4v) is 11.8. The van der Waals surface area contributed by atoms with E-state index in [1.165, 1.54) is 16.2 Å². The first-order valence-corrected chi connectivity index (χ1v) is 18.4. The van der Waals surface area contributed by atoms with Crippen molar-refractivity contribution in [3.8, 4) is 5.75 Å². The van der Waals surface area contributed by atoms with E-state index in [-0.39, 0.29) is 64.0 Å². The van der Waals surface area contributed by atoms with E-state index in [1.807, 2.05) is 78.9 Å². The molecule has 240 valence electrons. The Kier molecular flexibility index (Phi) is 7.14. The van der Waals surface area contributed by atoms with E-state index in [0.29, 0.717) is 17.1 Å². The van der Waals surface area contributed by atoms with Gasteiger partial charge in [0.2, 0.25) is 11.8 Å². The monoisotopic (exact) mass is 737 g/mol. The van der Waals surface area contributed by atoms with E-state index in [0.717, 1.165) is 37.1 Å². The summed E-state index contributed by atoms with van der Waals surface area (Å²) < 4.78 is 7.11. The number of amides is 3. The molecule has 2 aliphatic carbocycles. The molecule has 48 heavy (non-hydrogen) atoms. The lowest BCUT2D eigenvalue weighted by atomic mass is 9.68. The number of nitrogens with one attached hydrogen (secondary N) is 2. The Morgan fingerprint density at radius 3 is 2.44 bits per heavy atom. The Balaban J connectivity index is 1.02. The van der Waals surface area contributed by atoms with E-state index in [2.05, 4.69) is 26.2 Å². The van der Waals surface area contributed by atoms with Gasteiger partial charge in [-0.1, -0.05) is 75.8 Å². The number of benzene rings is 4. The number of thioether (sulfide) groups is 1. The maximum absolute atomic E-state index is 14.1. The van der Waals surface area contributed by atoms with Gasteiger partial charge in [0.15, 0.2) is 6.61 Å². The molecule has 4 aromatic carbocycles. The van der Waals surface area contributed by atoms with Gasteiger partial charge in [-0.3, -0.25) is 24.1 Å². The maximum atomic E-state index is 14.1. The summed E-state index contributed by atoms with van der Waals surface area (Å²) in [6, 6.07) is 28.7. The number of H-pyrrole nitrogens is 1. The number of aromatic amines is 1. The van der Waals surface area contributed by atoms with Crippen molar-refractivity contribution in [2.24, 2.45) is 29.6 Å². The second-order valence-corrected chi connectivity index (χ2v) is 16.0. The van der Waals surface area contributed by atoms with Crippen molar-refractivity contribution in [2.75, 3.05) is 16.8 Å². The summed E-state index contributed by atoms with van der Waals surface area (Å²) in [5, 5.41) is 5.94. The highest BCUT2D eigenvalue weighted by Crippen LogP contribution is 2.69. The van der Waals surface area contributed by atoms with Gasteiger partial charge in [0.1, 0.15) is 5.75 Å². The van der Waals surface area contributed by atoms with Gasteiger partial charge >= 0.3 is 4.87 Å². The Labute approximate surface area is 292 Å². The highest BCUT2D eigenvalue weighted by atomic mass is 79.9. The van der Waals surface area contributed by atoms with Gasteiger partial charge in [-0.05, 0) is 77.4 Å². The molecule has 2 bridgehead atoms. The Morgan fingerprint density at radius 2 is 1.62 bits per heavy atom. The fraction of sp³-hybridized carbons (Fsp3) is 0.243. The number of thiazole rings is 1. The molecule has 1 aromatic heterocycles. The van der Waals surface area contributed by atoms with E-state index < -0.39 is 5.92 Å². The summed E-state index contributed by atoms with van der Waals surface area (Å²) in [6.07, 6.45) is 0.788. The first kappa shape index (κ1) is 29.9. The molecule has 2 saturated carbocycles. The van der Waals surface area contributed by atoms with Crippen LogP contribution in [-0.4, -0.2) is 34.6 Å². The van der Waals surface area contributed by atoms with E-state index in [1.54, 1.807) is 23.9 Å². The molecule has 7 atom stereocenters. The lowest BCUT2D eigenvalue weighted by molar-refractivity contribution is -0.123. The van der Waals surface area contributed by atoms with E-state index in [4.69, 9.17) is 4.74 Å². The van der Waals surface area contributed by atoms with Crippen molar-refractivity contribution in [1.82, 2.24) is 4.98 Å². The number of para-hydroxylation sites is 1. The zero-order valence-corrected chi connectivity index (χ0v) is 28.5. The summed E-state index contributed by atoms with van der Waals surface area (Å²) in [4.78, 5) is 59.1. The Hall–Kier alpha value is -4.19. The number of ether oxygens (including phenoxy) is 1. The SMILES string of the molecule is O=C(COc1ccccc1[C@H]1c2sc(=O)[nH]c2SC2C1[C@H]1C[C@@H]2C2C(=O)N(c3ccc(Br)cc3)C(=O)C21)Nc1ccc2ccccc2c1. The molecule has 3 fully saturated rings. The number of hydrogen-bond donors (Lipinski definition) is 2. The van der Waals surface area contributed by atoms with Crippen molar-refractivity contribution in [2.45, 2.75) is 22.6 Å². The molecule has 9 rings (SSSR count). The normalized spacial score (nSPS) is 26.8. The van der Waals surface area contributed by atoms with Crippen molar-refractivity contribution < 1.29 is 19.1 Å². The van der Waals surface area contributed by atoms with Gasteiger partial charge in [0, 0.05) is 31.8 Å². The molecule has 2 N–H and O–H groups in total. The molecule has 4 unspecified atom stereocenters. The van der Waals surface area contributed by atoms with Gasteiger partial charge < -0.3 is 15.0 Å². The average Bonchev–Trinajstić information content (AvgIpc) is 3.83. The third-order valence-electron chi connectivity index (χ3n) is 10.5. The van der Waals surface area contributed by atoms with Crippen LogP contribution < -0.4 is 19.8 Å². The number of carbonyl (C=O) groups is 3. The van der Waals surface area contributed by atoms with Crippen LogP contribution in [0.5, 0.6) is 5.75 Å². The third-order valence-corrected chi connectivity index (χ3v) is 13.6. The minimum atomic E-state index is -0.409. The summed E-state index contributed by atoms with van der Waals surface area (Å²) in [6.45, 7) is -0.193. The summed E-state index contributed by atoms with van der Waals surface area (Å²) in [5.41, 5.74) is 2.17. The number of aromatic nitrogens is 1. The molecule has 0 spiro atoms. The molecule has 8 nitrogen and oxygen atoms in total. The Bertz CT molecular complexity index is 2200. The highest BCUT2D eigenvalue weighted by molar-refractivity contribution is 9.10. The number of anilines is 2. The third kappa shape index (κ3) is 4.69. The number of fused-ring (bicyclic) bond motifs is 10. The molecule has 11 heteroatoms. The molecular weight excluding hydrogens is 710 g/mol. The summed E-state index contributed by atoms with van der Waals surface area (Å²) in [5.74, 6) is -1.00. The van der Waals surface area contributed by atoms with Crippen LogP contribution in [0.25, 0.3) is 10.8 Å². The minimum absolute atomic E-state index is 0.00626. The van der Waals surface area contributed by atoms with Crippen LogP contribution in [0.3, 0.4) is 0 Å². The second-order valence-electron chi connectivity index (χ2n) is 12.9. The van der Waals surface area contributed by atoms with Crippen LogP contribution >= 0.6 is 39.0 Å². The first-order valence-electron chi connectivity index (χ1n) is 15.9. The van der Waals surface area contributed by atoms with Crippen LogP contribution in [0, 0.1) is 29.6 Å². The number of nitrogens with zero attached hydrogens (tertiary/aromatic N) is 1. The van der Waals surface area contributed by atoms with E-state index >= 15 is 0 Å². The van der Waals surface area contributed by atoms with Gasteiger partial charge in [-0.15, -0.1) is 11.8 Å². The predicted octanol–water partition coefficient (Wildman–Crippen LogP) is 7.05. The average molecular weight is 739 g/mol. The van der Waals surface area contributed by atoms with Crippen LogP contribution in [-0.2, 0) is 14.4 Å². The molecule has 4 aliphatic rings. The number of rotatable bonds is 6. The predicted molar refractivity (Wildman–Crippen MR) is 190 cm³/mol.